The normalized spacial score (nSPS) is 20.2. The summed E-state index contributed by atoms with van der Waals surface area (Å²) in [7, 11) is 0. The van der Waals surface area contributed by atoms with Crippen LogP contribution in [0.15, 0.2) is 30.3 Å². The Kier molecular flexibility index (Phi) is 4.06. The van der Waals surface area contributed by atoms with Crippen molar-refractivity contribution < 1.29 is 4.90 Å². The van der Waals surface area contributed by atoms with Gasteiger partial charge in [0.1, 0.15) is 17.9 Å². The van der Waals surface area contributed by atoms with Gasteiger partial charge >= 0.3 is 0 Å². The second kappa shape index (κ2) is 6.38. The number of imidazole rings is 1. The number of fused-ring (bicyclic) bond motifs is 3. The third-order valence-electron chi connectivity index (χ3n) is 5.50. The molecule has 1 aliphatic rings. The summed E-state index contributed by atoms with van der Waals surface area (Å²) < 4.78 is 2.10. The first-order valence-corrected chi connectivity index (χ1v) is 9.12. The predicted octanol–water partition coefficient (Wildman–Crippen LogP) is 2.15. The zero-order valence-electron chi connectivity index (χ0n) is 14.8. The number of nitrogens with one attached hydrogen (secondary N) is 2. The number of pyridine rings is 1. The molecule has 3 heterocycles. The minimum absolute atomic E-state index is 0.656. The van der Waals surface area contributed by atoms with Gasteiger partial charge in [-0.2, -0.15) is 5.26 Å². The Bertz CT molecular complexity index is 966. The van der Waals surface area contributed by atoms with E-state index in [4.69, 9.17) is 4.98 Å². The van der Waals surface area contributed by atoms with Crippen molar-refractivity contribution in [3.05, 3.63) is 41.5 Å². The Hall–Kier alpha value is -2.58. The molecule has 4 rings (SSSR count). The fourth-order valence-corrected chi connectivity index (χ4v) is 4.15. The van der Waals surface area contributed by atoms with Crippen LogP contribution < -0.4 is 10.2 Å². The Balaban J connectivity index is 1.79. The lowest BCUT2D eigenvalue weighted by molar-refractivity contribution is -0.908. The predicted molar refractivity (Wildman–Crippen MR) is 100 cm³/mol. The summed E-state index contributed by atoms with van der Waals surface area (Å²) in [6.45, 7) is 7.67. The van der Waals surface area contributed by atoms with E-state index < -0.39 is 0 Å². The molecule has 0 amide bonds. The molecule has 1 unspecified atom stereocenters. The quantitative estimate of drug-likeness (QED) is 0.769. The summed E-state index contributed by atoms with van der Waals surface area (Å²) in [5.41, 5.74) is 4.34. The van der Waals surface area contributed by atoms with Crippen LogP contribution in [0, 0.1) is 18.3 Å². The van der Waals surface area contributed by atoms with E-state index >= 15 is 0 Å². The Morgan fingerprint density at radius 1 is 1.40 bits per heavy atom. The Morgan fingerprint density at radius 2 is 2.24 bits per heavy atom. The minimum Gasteiger partial charge on any atom is -0.365 e. The van der Waals surface area contributed by atoms with Crippen molar-refractivity contribution in [2.45, 2.75) is 32.7 Å². The van der Waals surface area contributed by atoms with Crippen molar-refractivity contribution in [3.8, 4) is 6.07 Å². The lowest BCUT2D eigenvalue weighted by Crippen LogP contribution is -3.14. The first-order valence-electron chi connectivity index (χ1n) is 9.12. The van der Waals surface area contributed by atoms with E-state index in [2.05, 4.69) is 34.8 Å². The number of likely N-dealkylation sites (tertiary alicyclic amines) is 1. The van der Waals surface area contributed by atoms with Crippen molar-refractivity contribution in [3.63, 3.8) is 0 Å². The lowest BCUT2D eigenvalue weighted by atomic mass is 10.1. The Labute approximate surface area is 147 Å². The summed E-state index contributed by atoms with van der Waals surface area (Å²) in [6.07, 6.45) is 2.59. The molecule has 5 heteroatoms. The van der Waals surface area contributed by atoms with Crippen LogP contribution in [0.2, 0.25) is 0 Å². The van der Waals surface area contributed by atoms with E-state index in [-0.39, 0.29) is 0 Å². The summed E-state index contributed by atoms with van der Waals surface area (Å²) in [4.78, 5) is 6.40. The highest BCUT2D eigenvalue weighted by molar-refractivity contribution is 5.85. The van der Waals surface area contributed by atoms with E-state index in [0.29, 0.717) is 11.6 Å². The minimum atomic E-state index is 0.656. The maximum Gasteiger partial charge on any atom is 0.157 e. The van der Waals surface area contributed by atoms with Crippen LogP contribution in [0.1, 0.15) is 30.9 Å². The molecule has 0 radical (unpaired) electrons. The summed E-state index contributed by atoms with van der Waals surface area (Å²) in [6, 6.07) is 13.1. The number of hydrogen-bond donors (Lipinski definition) is 2. The molecule has 1 aromatic carbocycles. The molecule has 1 aliphatic heterocycles. The lowest BCUT2D eigenvalue weighted by Gasteiger charge is -2.21. The third-order valence-corrected chi connectivity index (χ3v) is 5.50. The van der Waals surface area contributed by atoms with Crippen LogP contribution in [0.5, 0.6) is 0 Å². The van der Waals surface area contributed by atoms with Crippen molar-refractivity contribution in [1.82, 2.24) is 9.38 Å². The number of benzene rings is 1. The van der Waals surface area contributed by atoms with Gasteiger partial charge < -0.3 is 10.2 Å². The van der Waals surface area contributed by atoms with Crippen molar-refractivity contribution >= 4 is 22.5 Å². The van der Waals surface area contributed by atoms with Gasteiger partial charge in [-0.1, -0.05) is 12.1 Å². The van der Waals surface area contributed by atoms with Gasteiger partial charge in [-0.3, -0.25) is 4.40 Å². The van der Waals surface area contributed by atoms with Crippen LogP contribution in [0.3, 0.4) is 0 Å². The fraction of sp³-hybridized carbons (Fsp3) is 0.400. The zero-order chi connectivity index (χ0) is 17.4. The molecule has 2 atom stereocenters. The van der Waals surface area contributed by atoms with Crippen LogP contribution >= 0.6 is 0 Å². The van der Waals surface area contributed by atoms with Gasteiger partial charge in [-0.25, -0.2) is 4.98 Å². The molecular formula is C20H24N5+. The summed E-state index contributed by atoms with van der Waals surface area (Å²) >= 11 is 0. The molecule has 0 saturated carbocycles. The highest BCUT2D eigenvalue weighted by Crippen LogP contribution is 2.26. The number of nitrogens with zero attached hydrogens (tertiary/aromatic N) is 3. The Morgan fingerprint density at radius 3 is 3.04 bits per heavy atom. The van der Waals surface area contributed by atoms with Crippen LogP contribution in [0.4, 0.5) is 5.82 Å². The molecule has 1 fully saturated rings. The van der Waals surface area contributed by atoms with E-state index in [1.807, 2.05) is 25.1 Å². The summed E-state index contributed by atoms with van der Waals surface area (Å²) in [5, 5.41) is 13.2. The van der Waals surface area contributed by atoms with E-state index in [1.54, 1.807) is 4.90 Å². The number of aromatic nitrogens is 2. The standard InChI is InChI=1S/C20H23N5/c1-3-24-10-6-7-15(24)13-22-19-11-14(2)16(12-21)20-23-17-8-4-5-9-18(17)25(19)20/h4-5,8-9,11,15,22H,3,6-7,10,13H2,1-2H3/p+1/t15-/m1/s1. The van der Waals surface area contributed by atoms with Crippen LogP contribution in [-0.4, -0.2) is 35.1 Å². The number of rotatable bonds is 4. The van der Waals surface area contributed by atoms with E-state index in [1.165, 1.54) is 25.9 Å². The van der Waals surface area contributed by atoms with E-state index in [9.17, 15) is 5.26 Å². The first kappa shape index (κ1) is 15.9. The first-order chi connectivity index (χ1) is 12.2. The average molecular weight is 334 g/mol. The highest BCUT2D eigenvalue weighted by Gasteiger charge is 2.27. The molecule has 0 spiro atoms. The topological polar surface area (TPSA) is 57.6 Å². The van der Waals surface area contributed by atoms with E-state index in [0.717, 1.165) is 34.6 Å². The van der Waals surface area contributed by atoms with Crippen molar-refractivity contribution in [2.75, 3.05) is 25.0 Å². The second-order valence-electron chi connectivity index (χ2n) is 6.94. The zero-order valence-corrected chi connectivity index (χ0v) is 14.8. The number of hydrogen-bond acceptors (Lipinski definition) is 3. The molecule has 5 nitrogen and oxygen atoms in total. The number of likely N-dealkylation sites (N-methyl/N-ethyl adjacent to an activating group) is 1. The van der Waals surface area contributed by atoms with Crippen molar-refractivity contribution in [2.24, 2.45) is 0 Å². The number of nitriles is 1. The number of para-hydroxylation sites is 2. The molecule has 3 aromatic rings. The molecule has 25 heavy (non-hydrogen) atoms. The molecule has 2 aromatic heterocycles. The van der Waals surface area contributed by atoms with Crippen LogP contribution in [-0.2, 0) is 0 Å². The molecule has 0 aliphatic carbocycles. The smallest absolute Gasteiger partial charge is 0.157 e. The van der Waals surface area contributed by atoms with Crippen molar-refractivity contribution in [1.29, 1.82) is 5.26 Å². The SMILES string of the molecule is CC[NH+]1CCC[C@@H]1CNc1cc(C)c(C#N)c2nc3ccccc3n12. The van der Waals surface area contributed by atoms with Gasteiger partial charge in [0.25, 0.3) is 0 Å². The number of quaternary nitrogens is 1. The maximum absolute atomic E-state index is 9.57. The van der Waals surface area contributed by atoms with Crippen LogP contribution in [0.25, 0.3) is 16.7 Å². The highest BCUT2D eigenvalue weighted by atomic mass is 15.2. The molecule has 2 N–H and O–H groups in total. The molecule has 1 saturated heterocycles. The number of anilines is 1. The largest absolute Gasteiger partial charge is 0.365 e. The monoisotopic (exact) mass is 334 g/mol. The molecule has 128 valence electrons. The average Bonchev–Trinajstić information content (AvgIpc) is 3.23. The van der Waals surface area contributed by atoms with Gasteiger partial charge in [0.15, 0.2) is 5.65 Å². The number of aryl methyl sites for hydroxylation is 1. The van der Waals surface area contributed by atoms with Gasteiger partial charge in [-0.15, -0.1) is 0 Å². The molecular weight excluding hydrogens is 310 g/mol. The molecule has 0 bridgehead atoms. The maximum atomic E-state index is 9.57. The fourth-order valence-electron chi connectivity index (χ4n) is 4.15. The van der Waals surface area contributed by atoms with Gasteiger partial charge in [0, 0.05) is 12.8 Å². The van der Waals surface area contributed by atoms with Gasteiger partial charge in [0.2, 0.25) is 0 Å². The van der Waals surface area contributed by atoms with Gasteiger partial charge in [0.05, 0.1) is 36.2 Å². The van der Waals surface area contributed by atoms with Gasteiger partial charge in [-0.05, 0) is 37.6 Å². The third kappa shape index (κ3) is 2.63. The second-order valence-corrected chi connectivity index (χ2v) is 6.94. The summed E-state index contributed by atoms with van der Waals surface area (Å²) in [5.74, 6) is 1.03.